The third-order valence-corrected chi connectivity index (χ3v) is 3.88. The lowest BCUT2D eigenvalue weighted by Gasteiger charge is -2.24. The van der Waals surface area contributed by atoms with E-state index in [1.165, 1.54) is 19.3 Å². The van der Waals surface area contributed by atoms with E-state index in [0.717, 1.165) is 12.8 Å². The number of ether oxygens (including phenoxy) is 1. The first-order valence-electron chi connectivity index (χ1n) is 7.73. The van der Waals surface area contributed by atoms with Gasteiger partial charge in [0.2, 0.25) is 0 Å². The number of hydrazine groups is 1. The van der Waals surface area contributed by atoms with E-state index in [-0.39, 0.29) is 5.91 Å². The van der Waals surface area contributed by atoms with Crippen LogP contribution in [0.1, 0.15) is 39.0 Å². The van der Waals surface area contributed by atoms with Crippen molar-refractivity contribution >= 4 is 23.2 Å². The lowest BCUT2D eigenvalue weighted by Crippen LogP contribution is -2.52. The molecule has 120 valence electrons. The number of hydrogen-bond donors (Lipinski definition) is 3. The van der Waals surface area contributed by atoms with Crippen molar-refractivity contribution in [1.82, 2.24) is 16.2 Å². The van der Waals surface area contributed by atoms with Crippen LogP contribution in [0.4, 0.5) is 0 Å². The summed E-state index contributed by atoms with van der Waals surface area (Å²) < 4.78 is 5.54. The second-order valence-corrected chi connectivity index (χ2v) is 5.90. The Morgan fingerprint density at radius 1 is 1.18 bits per heavy atom. The molecule has 0 saturated heterocycles. The fourth-order valence-electron chi connectivity index (χ4n) is 2.45. The molecule has 1 aromatic rings. The van der Waals surface area contributed by atoms with Gasteiger partial charge < -0.3 is 10.1 Å². The van der Waals surface area contributed by atoms with E-state index in [2.05, 4.69) is 16.2 Å². The molecule has 0 aromatic heterocycles. The molecule has 1 fully saturated rings. The van der Waals surface area contributed by atoms with Crippen molar-refractivity contribution in [3.8, 4) is 5.75 Å². The predicted molar refractivity (Wildman–Crippen MR) is 90.4 cm³/mol. The summed E-state index contributed by atoms with van der Waals surface area (Å²) in [5, 5.41) is 3.68. The Kier molecular flexibility index (Phi) is 6.45. The van der Waals surface area contributed by atoms with Gasteiger partial charge in [0.15, 0.2) is 11.2 Å². The van der Waals surface area contributed by atoms with Gasteiger partial charge in [0.05, 0.1) is 0 Å². The standard InChI is InChI=1S/C16H23N3O2S/c1-12(21-14-10-6-3-7-11-14)15(20)18-19-16(22)17-13-8-4-2-5-9-13/h3,6-7,10-13H,2,4-5,8-9H2,1H3,(H,18,20)(H2,17,19,22)/t12-/m1/s1. The number of carbonyl (C=O) groups excluding carboxylic acids is 1. The minimum atomic E-state index is -0.604. The van der Waals surface area contributed by atoms with Gasteiger partial charge in [-0.3, -0.25) is 15.6 Å². The summed E-state index contributed by atoms with van der Waals surface area (Å²) in [4.78, 5) is 12.0. The first-order valence-corrected chi connectivity index (χ1v) is 8.14. The highest BCUT2D eigenvalue weighted by atomic mass is 32.1. The van der Waals surface area contributed by atoms with Crippen LogP contribution in [0.3, 0.4) is 0 Å². The average molecular weight is 321 g/mol. The lowest BCUT2D eigenvalue weighted by molar-refractivity contribution is -0.127. The van der Waals surface area contributed by atoms with Crippen LogP contribution in [0.2, 0.25) is 0 Å². The molecule has 0 aliphatic heterocycles. The van der Waals surface area contributed by atoms with Gasteiger partial charge in [0.1, 0.15) is 5.75 Å². The Morgan fingerprint density at radius 2 is 1.86 bits per heavy atom. The van der Waals surface area contributed by atoms with Crippen molar-refractivity contribution < 1.29 is 9.53 Å². The Labute approximate surface area is 136 Å². The van der Waals surface area contributed by atoms with E-state index in [1.54, 1.807) is 6.92 Å². The van der Waals surface area contributed by atoms with Crippen LogP contribution in [-0.2, 0) is 4.79 Å². The van der Waals surface area contributed by atoms with Crippen molar-refractivity contribution in [1.29, 1.82) is 0 Å². The summed E-state index contributed by atoms with van der Waals surface area (Å²) in [5.74, 6) is 0.393. The Morgan fingerprint density at radius 3 is 2.55 bits per heavy atom. The quantitative estimate of drug-likeness (QED) is 0.587. The fraction of sp³-hybridized carbons (Fsp3) is 0.500. The molecule has 1 saturated carbocycles. The molecule has 22 heavy (non-hydrogen) atoms. The van der Waals surface area contributed by atoms with Gasteiger partial charge in [-0.05, 0) is 44.1 Å². The highest BCUT2D eigenvalue weighted by Crippen LogP contribution is 2.17. The zero-order valence-electron chi connectivity index (χ0n) is 12.8. The summed E-state index contributed by atoms with van der Waals surface area (Å²) in [5.41, 5.74) is 5.31. The molecule has 2 rings (SSSR count). The molecule has 0 unspecified atom stereocenters. The summed E-state index contributed by atoms with van der Waals surface area (Å²) in [6, 6.07) is 9.65. The number of para-hydroxylation sites is 1. The van der Waals surface area contributed by atoms with Gasteiger partial charge in [-0.2, -0.15) is 0 Å². The van der Waals surface area contributed by atoms with Crippen molar-refractivity contribution in [2.45, 2.75) is 51.2 Å². The van der Waals surface area contributed by atoms with Crippen LogP contribution < -0.4 is 20.9 Å². The fourth-order valence-corrected chi connectivity index (χ4v) is 2.66. The van der Waals surface area contributed by atoms with Crippen LogP contribution in [0.25, 0.3) is 0 Å². The van der Waals surface area contributed by atoms with Crippen LogP contribution in [0.5, 0.6) is 5.75 Å². The molecular formula is C16H23N3O2S. The van der Waals surface area contributed by atoms with Gasteiger partial charge in [-0.15, -0.1) is 0 Å². The number of thiocarbonyl (C=S) groups is 1. The number of benzene rings is 1. The minimum absolute atomic E-state index is 0.267. The molecular weight excluding hydrogens is 298 g/mol. The summed E-state index contributed by atoms with van der Waals surface area (Å²) in [6.07, 6.45) is 5.41. The lowest BCUT2D eigenvalue weighted by atomic mass is 9.96. The summed E-state index contributed by atoms with van der Waals surface area (Å²) >= 11 is 5.19. The molecule has 1 aromatic carbocycles. The second kappa shape index (κ2) is 8.58. The maximum absolute atomic E-state index is 12.0. The number of nitrogens with one attached hydrogen (secondary N) is 3. The van der Waals surface area contributed by atoms with E-state index in [4.69, 9.17) is 17.0 Å². The van der Waals surface area contributed by atoms with Crippen LogP contribution in [0, 0.1) is 0 Å². The van der Waals surface area contributed by atoms with E-state index >= 15 is 0 Å². The molecule has 5 nitrogen and oxygen atoms in total. The van der Waals surface area contributed by atoms with Crippen LogP contribution in [-0.4, -0.2) is 23.2 Å². The molecule has 0 heterocycles. The second-order valence-electron chi connectivity index (χ2n) is 5.50. The maximum Gasteiger partial charge on any atom is 0.279 e. The Hall–Kier alpha value is -1.82. The zero-order valence-corrected chi connectivity index (χ0v) is 13.6. The molecule has 6 heteroatoms. The number of rotatable bonds is 4. The zero-order chi connectivity index (χ0) is 15.8. The van der Waals surface area contributed by atoms with Gasteiger partial charge in [0.25, 0.3) is 5.91 Å². The first kappa shape index (κ1) is 16.5. The SMILES string of the molecule is C[C@@H](Oc1ccccc1)C(=O)NNC(=S)NC1CCCCC1. The third-order valence-electron chi connectivity index (χ3n) is 3.66. The average Bonchev–Trinajstić information content (AvgIpc) is 2.54. The van der Waals surface area contributed by atoms with Crippen LogP contribution >= 0.6 is 12.2 Å². The Balaban J connectivity index is 1.68. The first-order chi connectivity index (χ1) is 10.6. The minimum Gasteiger partial charge on any atom is -0.481 e. The topological polar surface area (TPSA) is 62.4 Å². The number of hydrogen-bond acceptors (Lipinski definition) is 3. The molecule has 1 aliphatic carbocycles. The molecule has 0 bridgehead atoms. The summed E-state index contributed by atoms with van der Waals surface area (Å²) in [6.45, 7) is 1.70. The van der Waals surface area contributed by atoms with E-state index in [0.29, 0.717) is 16.9 Å². The van der Waals surface area contributed by atoms with Crippen molar-refractivity contribution in [2.75, 3.05) is 0 Å². The van der Waals surface area contributed by atoms with Gasteiger partial charge in [-0.25, -0.2) is 0 Å². The number of carbonyl (C=O) groups is 1. The highest BCUT2D eigenvalue weighted by Gasteiger charge is 2.16. The van der Waals surface area contributed by atoms with E-state index < -0.39 is 6.10 Å². The van der Waals surface area contributed by atoms with E-state index in [9.17, 15) is 4.79 Å². The van der Waals surface area contributed by atoms with Gasteiger partial charge >= 0.3 is 0 Å². The molecule has 3 N–H and O–H groups in total. The monoisotopic (exact) mass is 321 g/mol. The molecule has 1 amide bonds. The predicted octanol–water partition coefficient (Wildman–Crippen LogP) is 2.28. The van der Waals surface area contributed by atoms with Crippen molar-refractivity contribution in [3.63, 3.8) is 0 Å². The van der Waals surface area contributed by atoms with Crippen LogP contribution in [0.15, 0.2) is 30.3 Å². The summed E-state index contributed by atoms with van der Waals surface area (Å²) in [7, 11) is 0. The highest BCUT2D eigenvalue weighted by molar-refractivity contribution is 7.80. The molecule has 0 spiro atoms. The molecule has 1 aliphatic rings. The largest absolute Gasteiger partial charge is 0.481 e. The number of amides is 1. The molecule has 0 radical (unpaired) electrons. The normalized spacial score (nSPS) is 16.4. The van der Waals surface area contributed by atoms with Crippen molar-refractivity contribution in [3.05, 3.63) is 30.3 Å². The maximum atomic E-state index is 12.0. The smallest absolute Gasteiger partial charge is 0.279 e. The van der Waals surface area contributed by atoms with Crippen molar-refractivity contribution in [2.24, 2.45) is 0 Å². The Bertz CT molecular complexity index is 489. The molecule has 1 atom stereocenters. The third kappa shape index (κ3) is 5.52. The van der Waals surface area contributed by atoms with Gasteiger partial charge in [0, 0.05) is 6.04 Å². The van der Waals surface area contributed by atoms with E-state index in [1.807, 2.05) is 30.3 Å². The van der Waals surface area contributed by atoms with Gasteiger partial charge in [-0.1, -0.05) is 37.5 Å².